The van der Waals surface area contributed by atoms with Gasteiger partial charge in [-0.25, -0.2) is 4.98 Å². The highest BCUT2D eigenvalue weighted by Gasteiger charge is 2.17. The van der Waals surface area contributed by atoms with Crippen LogP contribution in [0.2, 0.25) is 0 Å². The molecule has 0 atom stereocenters. The van der Waals surface area contributed by atoms with Gasteiger partial charge in [0.25, 0.3) is 11.5 Å². The number of thiazole rings is 1. The Hall–Kier alpha value is -1.95. The molecule has 2 aromatic heterocycles. The van der Waals surface area contributed by atoms with Crippen LogP contribution < -0.4 is 5.56 Å². The molecule has 2 aromatic rings. The predicted molar refractivity (Wildman–Crippen MR) is 71.2 cm³/mol. The fourth-order valence-electron chi connectivity index (χ4n) is 1.62. The molecule has 0 aliphatic heterocycles. The summed E-state index contributed by atoms with van der Waals surface area (Å²) >= 11 is 1.42. The van der Waals surface area contributed by atoms with Gasteiger partial charge in [0.1, 0.15) is 5.56 Å². The molecule has 5 nitrogen and oxygen atoms in total. The van der Waals surface area contributed by atoms with E-state index >= 15 is 0 Å². The minimum atomic E-state index is -0.342. The summed E-state index contributed by atoms with van der Waals surface area (Å²) in [6.45, 7) is 5.85. The molecule has 18 heavy (non-hydrogen) atoms. The predicted octanol–water partition coefficient (Wildman–Crippen LogP) is 1.32. The van der Waals surface area contributed by atoms with Gasteiger partial charge in [0, 0.05) is 30.9 Å². The zero-order chi connectivity index (χ0) is 13.3. The molecule has 0 bridgehead atoms. The third-order valence-electron chi connectivity index (χ3n) is 2.50. The van der Waals surface area contributed by atoms with E-state index in [1.807, 2.05) is 6.92 Å². The molecule has 0 fully saturated rings. The molecule has 2 rings (SSSR count). The second-order valence-electron chi connectivity index (χ2n) is 3.95. The number of nitrogens with zero attached hydrogens (tertiary/aromatic N) is 3. The van der Waals surface area contributed by atoms with Gasteiger partial charge < -0.3 is 4.90 Å². The van der Waals surface area contributed by atoms with Crippen LogP contribution in [0.15, 0.2) is 29.8 Å². The summed E-state index contributed by atoms with van der Waals surface area (Å²) < 4.78 is 1.41. The lowest BCUT2D eigenvalue weighted by atomic mass is 10.3. The lowest BCUT2D eigenvalue weighted by Gasteiger charge is -2.13. The van der Waals surface area contributed by atoms with E-state index in [4.69, 9.17) is 0 Å². The molecular weight excluding hydrogens is 250 g/mol. The molecule has 0 saturated heterocycles. The minimum Gasteiger partial charge on any atom is -0.338 e. The van der Waals surface area contributed by atoms with Crippen molar-refractivity contribution < 1.29 is 4.79 Å². The summed E-state index contributed by atoms with van der Waals surface area (Å²) in [6.07, 6.45) is 4.64. The summed E-state index contributed by atoms with van der Waals surface area (Å²) in [5.41, 5.74) is -0.250. The van der Waals surface area contributed by atoms with E-state index in [9.17, 15) is 9.59 Å². The van der Waals surface area contributed by atoms with Crippen LogP contribution in [-0.4, -0.2) is 33.8 Å². The molecule has 6 heteroatoms. The Morgan fingerprint density at radius 1 is 1.67 bits per heavy atom. The van der Waals surface area contributed by atoms with E-state index < -0.39 is 0 Å². The van der Waals surface area contributed by atoms with Crippen LogP contribution in [0.5, 0.6) is 0 Å². The molecule has 0 N–H and O–H groups in total. The number of carbonyl (C=O) groups excluding carboxylic acids is 1. The van der Waals surface area contributed by atoms with Crippen molar-refractivity contribution in [1.82, 2.24) is 14.3 Å². The maximum atomic E-state index is 12.1. The highest BCUT2D eigenvalue weighted by Crippen LogP contribution is 2.12. The average Bonchev–Trinajstić information content (AvgIpc) is 2.71. The molecular formula is C12H13N3O2S. The molecule has 0 aliphatic rings. The largest absolute Gasteiger partial charge is 0.338 e. The Morgan fingerprint density at radius 3 is 3.06 bits per heavy atom. The summed E-state index contributed by atoms with van der Waals surface area (Å²) in [5.74, 6) is -0.342. The number of rotatable bonds is 3. The summed E-state index contributed by atoms with van der Waals surface area (Å²) in [6, 6.07) is 0. The molecule has 0 unspecified atom stereocenters. The van der Waals surface area contributed by atoms with E-state index in [2.05, 4.69) is 11.6 Å². The van der Waals surface area contributed by atoms with Crippen LogP contribution >= 0.6 is 11.3 Å². The fourth-order valence-corrected chi connectivity index (χ4v) is 2.41. The van der Waals surface area contributed by atoms with Gasteiger partial charge in [0.15, 0.2) is 4.96 Å². The number of likely N-dealkylation sites (N-methyl/N-ethyl adjacent to an activating group) is 1. The van der Waals surface area contributed by atoms with Gasteiger partial charge in [0.05, 0.1) is 0 Å². The molecule has 0 aromatic carbocycles. The smallest absolute Gasteiger partial charge is 0.271 e. The number of fused-ring (bicyclic) bond motifs is 1. The van der Waals surface area contributed by atoms with Crippen LogP contribution in [0.1, 0.15) is 15.2 Å². The Balaban J connectivity index is 2.52. The summed E-state index contributed by atoms with van der Waals surface area (Å²) in [4.78, 5) is 31.3. The SMILES string of the molecule is C=CCN(C)C(=O)c1cnc2sc(C)cn2c1=O. The second kappa shape index (κ2) is 4.73. The van der Waals surface area contributed by atoms with Gasteiger partial charge in [-0.2, -0.15) is 0 Å². The van der Waals surface area contributed by atoms with Crippen LogP contribution in [0, 0.1) is 6.92 Å². The maximum Gasteiger partial charge on any atom is 0.271 e. The van der Waals surface area contributed by atoms with E-state index in [1.165, 1.54) is 26.8 Å². The van der Waals surface area contributed by atoms with Crippen molar-refractivity contribution >= 4 is 22.2 Å². The first-order chi connectivity index (χ1) is 8.54. The van der Waals surface area contributed by atoms with E-state index in [1.54, 1.807) is 19.3 Å². The molecule has 1 amide bonds. The monoisotopic (exact) mass is 263 g/mol. The number of amides is 1. The van der Waals surface area contributed by atoms with Gasteiger partial charge in [-0.3, -0.25) is 14.0 Å². The number of hydrogen-bond donors (Lipinski definition) is 0. The van der Waals surface area contributed by atoms with Crippen molar-refractivity contribution in [1.29, 1.82) is 0 Å². The Bertz CT molecular complexity index is 672. The van der Waals surface area contributed by atoms with Crippen molar-refractivity contribution in [3.63, 3.8) is 0 Å². The molecule has 0 saturated carbocycles. The van der Waals surface area contributed by atoms with Gasteiger partial charge in [-0.1, -0.05) is 6.08 Å². The first kappa shape index (κ1) is 12.5. The zero-order valence-corrected chi connectivity index (χ0v) is 11.0. The topological polar surface area (TPSA) is 54.7 Å². The third-order valence-corrected chi connectivity index (χ3v) is 3.41. The standard InChI is InChI=1S/C12H13N3O2S/c1-4-5-14(3)10(16)9-6-13-12-15(11(9)17)7-8(2)18-12/h4,6-7H,1,5H2,2-3H3. The van der Waals surface area contributed by atoms with Gasteiger partial charge in [-0.15, -0.1) is 17.9 Å². The number of aryl methyl sites for hydroxylation is 1. The van der Waals surface area contributed by atoms with Crippen LogP contribution in [0.25, 0.3) is 4.96 Å². The molecule has 0 spiro atoms. The Morgan fingerprint density at radius 2 is 2.39 bits per heavy atom. The first-order valence-corrected chi connectivity index (χ1v) is 6.20. The fraction of sp³-hybridized carbons (Fsp3) is 0.250. The van der Waals surface area contributed by atoms with Gasteiger partial charge >= 0.3 is 0 Å². The van der Waals surface area contributed by atoms with E-state index in [0.717, 1.165) is 4.88 Å². The van der Waals surface area contributed by atoms with Crippen molar-refractivity contribution in [2.24, 2.45) is 0 Å². The Labute approximate surface area is 108 Å². The van der Waals surface area contributed by atoms with E-state index in [-0.39, 0.29) is 17.0 Å². The average molecular weight is 263 g/mol. The highest BCUT2D eigenvalue weighted by molar-refractivity contribution is 7.16. The Kier molecular flexibility index (Phi) is 3.29. The third kappa shape index (κ3) is 2.06. The van der Waals surface area contributed by atoms with Crippen molar-refractivity contribution in [3.8, 4) is 0 Å². The number of hydrogen-bond acceptors (Lipinski definition) is 4. The molecule has 0 aliphatic carbocycles. The number of aromatic nitrogens is 2. The maximum absolute atomic E-state index is 12.1. The molecule has 94 valence electrons. The van der Waals surface area contributed by atoms with Crippen molar-refractivity contribution in [2.45, 2.75) is 6.92 Å². The molecule has 2 heterocycles. The normalized spacial score (nSPS) is 10.6. The highest BCUT2D eigenvalue weighted by atomic mass is 32.1. The minimum absolute atomic E-state index is 0.0784. The first-order valence-electron chi connectivity index (χ1n) is 5.38. The number of carbonyl (C=O) groups is 1. The summed E-state index contributed by atoms with van der Waals surface area (Å²) in [7, 11) is 1.62. The van der Waals surface area contributed by atoms with E-state index in [0.29, 0.717) is 11.5 Å². The lowest BCUT2D eigenvalue weighted by Crippen LogP contribution is -2.33. The van der Waals surface area contributed by atoms with Crippen molar-refractivity contribution in [3.05, 3.63) is 45.8 Å². The lowest BCUT2D eigenvalue weighted by molar-refractivity contribution is 0.0808. The van der Waals surface area contributed by atoms with Crippen molar-refractivity contribution in [2.75, 3.05) is 13.6 Å². The van der Waals surface area contributed by atoms with Gasteiger partial charge in [0.2, 0.25) is 0 Å². The van der Waals surface area contributed by atoms with Crippen LogP contribution in [0.4, 0.5) is 0 Å². The van der Waals surface area contributed by atoms with Crippen LogP contribution in [-0.2, 0) is 0 Å². The second-order valence-corrected chi connectivity index (χ2v) is 5.16. The van der Waals surface area contributed by atoms with Crippen LogP contribution in [0.3, 0.4) is 0 Å². The zero-order valence-electron chi connectivity index (χ0n) is 10.2. The van der Waals surface area contributed by atoms with Gasteiger partial charge in [-0.05, 0) is 6.92 Å². The quantitative estimate of drug-likeness (QED) is 0.785. The summed E-state index contributed by atoms with van der Waals surface area (Å²) in [5, 5.41) is 0. The molecule has 0 radical (unpaired) electrons.